The Balaban J connectivity index is 0.00000259. The number of aliphatic imine (C=N–C) groups is 1. The molecule has 2 heterocycles. The molecule has 1 N–H and O–H groups in total. The summed E-state index contributed by atoms with van der Waals surface area (Å²) in [7, 11) is 0. The van der Waals surface area contributed by atoms with Crippen molar-refractivity contribution in [3.05, 3.63) is 108 Å². The van der Waals surface area contributed by atoms with E-state index in [0.717, 1.165) is 4.57 Å². The van der Waals surface area contributed by atoms with Crippen LogP contribution < -0.4 is 67.7 Å². The molecule has 0 radical (unpaired) electrons. The second-order valence-electron chi connectivity index (χ2n) is 7.70. The van der Waals surface area contributed by atoms with E-state index in [0.29, 0.717) is 41.8 Å². The van der Waals surface area contributed by atoms with E-state index >= 15 is 0 Å². The Bertz CT molecular complexity index is 1440. The SMILES string of the molecule is O=c1[nH]c2c(c(=O)n1-c1ccccc1)C(c1cccc([N+](=O)[O-])c1)C1=C([O-])CCCC1=N2.[K+]. The average molecular weight is 469 g/mol. The molecule has 160 valence electrons. The molecule has 0 bridgehead atoms. The molecule has 9 nitrogen and oxygen atoms in total. The van der Waals surface area contributed by atoms with Crippen LogP contribution in [0, 0.1) is 10.1 Å². The van der Waals surface area contributed by atoms with Crippen molar-refractivity contribution in [2.24, 2.45) is 4.99 Å². The standard InChI is InChI=1S/C23H18N4O5.K/c28-17-11-5-10-16-19(17)18(13-6-4-9-15(12-13)27(31)32)20-21(24-16)25-23(30)26(22(20)29)14-7-2-1-3-8-14;/h1-4,6-9,12,18,28H,5,10-11H2,(H,25,30);/q;+1/p-1. The zero-order valence-electron chi connectivity index (χ0n) is 17.8. The minimum atomic E-state index is -0.857. The predicted molar refractivity (Wildman–Crippen MR) is 116 cm³/mol. The third kappa shape index (κ3) is 4.09. The minimum absolute atomic E-state index is 0. The summed E-state index contributed by atoms with van der Waals surface area (Å²) in [4.78, 5) is 44.4. The number of aromatic nitrogens is 2. The fourth-order valence-corrected chi connectivity index (χ4v) is 4.42. The van der Waals surface area contributed by atoms with Crippen molar-refractivity contribution in [3.63, 3.8) is 0 Å². The Hall–Kier alpha value is -2.63. The third-order valence-electron chi connectivity index (χ3n) is 5.80. The van der Waals surface area contributed by atoms with Crippen LogP contribution in [0.1, 0.15) is 36.3 Å². The van der Waals surface area contributed by atoms with Gasteiger partial charge < -0.3 is 5.11 Å². The summed E-state index contributed by atoms with van der Waals surface area (Å²) < 4.78 is 0.998. The first kappa shape index (κ1) is 23.5. The molecule has 1 atom stereocenters. The molecular formula is C23H17KN4O5. The van der Waals surface area contributed by atoms with Crippen molar-refractivity contribution < 1.29 is 61.4 Å². The number of benzene rings is 2. The van der Waals surface area contributed by atoms with Crippen LogP contribution in [0.3, 0.4) is 0 Å². The minimum Gasteiger partial charge on any atom is -0.875 e. The van der Waals surface area contributed by atoms with E-state index < -0.39 is 22.1 Å². The number of aromatic amines is 1. The van der Waals surface area contributed by atoms with Crippen LogP contribution in [0.4, 0.5) is 11.5 Å². The molecule has 2 aliphatic rings. The second-order valence-corrected chi connectivity index (χ2v) is 7.70. The number of hydrogen-bond acceptors (Lipinski definition) is 6. The van der Waals surface area contributed by atoms with E-state index in [1.165, 1.54) is 18.2 Å². The summed E-state index contributed by atoms with van der Waals surface area (Å²) in [6.45, 7) is 0. The quantitative estimate of drug-likeness (QED) is 0.313. The predicted octanol–water partition coefficient (Wildman–Crippen LogP) is -0.546. The summed E-state index contributed by atoms with van der Waals surface area (Å²) in [6.07, 6.45) is 1.45. The number of nitro benzene ring substituents is 1. The van der Waals surface area contributed by atoms with Crippen LogP contribution in [-0.2, 0) is 0 Å². The average Bonchev–Trinajstić information content (AvgIpc) is 2.78. The molecule has 1 aliphatic carbocycles. The fourth-order valence-electron chi connectivity index (χ4n) is 4.42. The Morgan fingerprint density at radius 3 is 2.55 bits per heavy atom. The first-order chi connectivity index (χ1) is 15.5. The Kier molecular flexibility index (Phi) is 6.64. The van der Waals surface area contributed by atoms with E-state index in [9.17, 15) is 24.8 Å². The Labute approximate surface area is 230 Å². The summed E-state index contributed by atoms with van der Waals surface area (Å²) in [5, 5.41) is 24.3. The van der Waals surface area contributed by atoms with Gasteiger partial charge in [-0.15, -0.1) is 5.76 Å². The summed E-state index contributed by atoms with van der Waals surface area (Å²) in [6, 6.07) is 14.3. The van der Waals surface area contributed by atoms with Crippen LogP contribution in [-0.4, -0.2) is 20.2 Å². The molecule has 0 fully saturated rings. The number of non-ortho nitro benzene ring substituents is 1. The number of nitro groups is 1. The van der Waals surface area contributed by atoms with E-state index in [4.69, 9.17) is 0 Å². The number of nitrogens with zero attached hydrogens (tertiary/aromatic N) is 3. The number of hydrogen-bond donors (Lipinski definition) is 1. The van der Waals surface area contributed by atoms with Gasteiger partial charge in [-0.2, -0.15) is 0 Å². The van der Waals surface area contributed by atoms with Gasteiger partial charge >= 0.3 is 57.1 Å². The smallest absolute Gasteiger partial charge is 0.875 e. The van der Waals surface area contributed by atoms with Crippen LogP contribution >= 0.6 is 0 Å². The number of fused-ring (bicyclic) bond motifs is 2. The van der Waals surface area contributed by atoms with E-state index in [-0.39, 0.29) is 74.2 Å². The maximum Gasteiger partial charge on any atom is 1.00 e. The zero-order chi connectivity index (χ0) is 22.4. The van der Waals surface area contributed by atoms with Gasteiger partial charge in [-0.1, -0.05) is 30.3 Å². The molecule has 0 amide bonds. The first-order valence-corrected chi connectivity index (χ1v) is 10.1. The van der Waals surface area contributed by atoms with Crippen LogP contribution in [0.5, 0.6) is 0 Å². The number of rotatable bonds is 3. The monoisotopic (exact) mass is 468 g/mol. The number of allylic oxidation sites excluding steroid dienone is 2. The topological polar surface area (TPSA) is 133 Å². The van der Waals surface area contributed by atoms with Crippen molar-refractivity contribution in [2.45, 2.75) is 25.2 Å². The largest absolute Gasteiger partial charge is 1.00 e. The van der Waals surface area contributed by atoms with Gasteiger partial charge in [0.25, 0.3) is 11.2 Å². The third-order valence-corrected chi connectivity index (χ3v) is 5.80. The summed E-state index contributed by atoms with van der Waals surface area (Å²) >= 11 is 0. The van der Waals surface area contributed by atoms with Gasteiger partial charge in [-0.3, -0.25) is 19.9 Å². The molecular weight excluding hydrogens is 451 g/mol. The molecule has 1 aromatic heterocycles. The molecule has 0 saturated heterocycles. The number of para-hydroxylation sites is 1. The van der Waals surface area contributed by atoms with Crippen molar-refractivity contribution >= 4 is 17.2 Å². The molecule has 0 spiro atoms. The van der Waals surface area contributed by atoms with Crippen molar-refractivity contribution in [3.8, 4) is 5.69 Å². The van der Waals surface area contributed by atoms with Gasteiger partial charge in [-0.25, -0.2) is 14.4 Å². The summed E-state index contributed by atoms with van der Waals surface area (Å²) in [5.74, 6) is -0.907. The number of nitrogens with one attached hydrogen (secondary N) is 1. The first-order valence-electron chi connectivity index (χ1n) is 10.1. The van der Waals surface area contributed by atoms with E-state index in [1.54, 1.807) is 36.4 Å². The van der Waals surface area contributed by atoms with Crippen molar-refractivity contribution in [2.75, 3.05) is 0 Å². The number of H-pyrrole nitrogens is 1. The molecule has 10 heteroatoms. The van der Waals surface area contributed by atoms with Crippen molar-refractivity contribution in [1.82, 2.24) is 9.55 Å². The summed E-state index contributed by atoms with van der Waals surface area (Å²) in [5.41, 5.74) is 0.405. The second kappa shape index (κ2) is 9.31. The van der Waals surface area contributed by atoms with E-state index in [1.807, 2.05) is 0 Å². The molecule has 5 rings (SSSR count). The molecule has 1 aliphatic heterocycles. The molecule has 33 heavy (non-hydrogen) atoms. The van der Waals surface area contributed by atoms with Gasteiger partial charge in [0.15, 0.2) is 0 Å². The van der Waals surface area contributed by atoms with Gasteiger partial charge in [0.05, 0.1) is 16.2 Å². The van der Waals surface area contributed by atoms with Gasteiger partial charge in [0.1, 0.15) is 5.82 Å². The van der Waals surface area contributed by atoms with E-state index in [2.05, 4.69) is 9.98 Å². The molecule has 0 saturated carbocycles. The molecule has 1 unspecified atom stereocenters. The fraction of sp³-hybridized carbons (Fsp3) is 0.174. The van der Waals surface area contributed by atoms with Gasteiger partial charge in [0, 0.05) is 23.8 Å². The zero-order valence-corrected chi connectivity index (χ0v) is 20.9. The van der Waals surface area contributed by atoms with Crippen LogP contribution in [0.2, 0.25) is 0 Å². The Morgan fingerprint density at radius 2 is 1.82 bits per heavy atom. The van der Waals surface area contributed by atoms with Gasteiger partial charge in [-0.05, 0) is 42.5 Å². The maximum atomic E-state index is 13.6. The Morgan fingerprint density at radius 1 is 1.06 bits per heavy atom. The van der Waals surface area contributed by atoms with Gasteiger partial charge in [0.2, 0.25) is 0 Å². The molecule has 3 aromatic rings. The normalized spacial score (nSPS) is 16.8. The maximum absolute atomic E-state index is 13.6. The molecule has 2 aromatic carbocycles. The van der Waals surface area contributed by atoms with Crippen molar-refractivity contribution in [1.29, 1.82) is 0 Å². The van der Waals surface area contributed by atoms with Crippen LogP contribution in [0.15, 0.2) is 80.5 Å². The van der Waals surface area contributed by atoms with Crippen LogP contribution in [0.25, 0.3) is 5.69 Å².